The van der Waals surface area contributed by atoms with Gasteiger partial charge >= 0.3 is 6.92 Å². The summed E-state index contributed by atoms with van der Waals surface area (Å²) < 4.78 is 6.73. The van der Waals surface area contributed by atoms with Gasteiger partial charge in [-0.05, 0) is 122 Å². The molecular weight excluding hydrogens is 751 g/mol. The van der Waals surface area contributed by atoms with E-state index < -0.39 is 0 Å². The molecule has 11 rings (SSSR count). The van der Waals surface area contributed by atoms with E-state index >= 15 is 0 Å². The maximum atomic E-state index is 6.73. The van der Waals surface area contributed by atoms with E-state index in [0.717, 1.165) is 39.7 Å². The minimum Gasteiger partial charge on any atom is -0.423 e. The summed E-state index contributed by atoms with van der Waals surface area (Å²) >= 11 is 0. The molecule has 0 aromatic heterocycles. The second-order valence-electron chi connectivity index (χ2n) is 16.8. The van der Waals surface area contributed by atoms with Crippen LogP contribution in [-0.4, -0.2) is 6.92 Å². The third-order valence-electron chi connectivity index (χ3n) is 12.8. The molecule has 1 heterocycles. The summed E-state index contributed by atoms with van der Waals surface area (Å²) in [6.45, 7) is 5.15. The Labute approximate surface area is 365 Å². The zero-order valence-corrected chi connectivity index (χ0v) is 34.9. The monoisotopic (exact) mass is 796 g/mol. The van der Waals surface area contributed by atoms with E-state index in [-0.39, 0.29) is 12.3 Å². The lowest BCUT2D eigenvalue weighted by atomic mass is 9.55. The van der Waals surface area contributed by atoms with Crippen molar-refractivity contribution in [3.8, 4) is 33.4 Å². The Hall–Kier alpha value is -7.40. The van der Waals surface area contributed by atoms with Crippen molar-refractivity contribution in [3.05, 3.63) is 241 Å². The van der Waals surface area contributed by atoms with Crippen molar-refractivity contribution in [2.24, 2.45) is 0 Å². The molecule has 3 nitrogen and oxygen atoms in total. The molecule has 0 amide bonds. The summed E-state index contributed by atoms with van der Waals surface area (Å²) in [6.07, 6.45) is 0. The molecule has 0 N–H and O–H groups in total. The number of anilines is 6. The first-order chi connectivity index (χ1) is 30.5. The molecule has 0 spiro atoms. The minimum atomic E-state index is -0.182. The van der Waals surface area contributed by atoms with Crippen molar-refractivity contribution in [3.63, 3.8) is 0 Å². The predicted molar refractivity (Wildman–Crippen MR) is 260 cm³/mol. The van der Waals surface area contributed by atoms with Crippen LogP contribution >= 0.6 is 0 Å². The standard InChI is InChI=1S/C58H45BN2O/c1-58(2)52-31-16-15-29-50(52)56-53(58)37-38-55(57(56)49-30-18-32-54-51(49)40-62-59(54)43-22-9-4-10-23-43)61(48-28-17-21-42(39-48)41-19-7-3-8-20-41)47-35-33-46(34-36-47)60(44-24-11-5-12-25-44)45-26-13-6-14-27-45/h3-39H,40H2,1-2H3. The van der Waals surface area contributed by atoms with Crippen LogP contribution in [0, 0.1) is 0 Å². The van der Waals surface area contributed by atoms with Gasteiger partial charge in [-0.15, -0.1) is 0 Å². The fourth-order valence-corrected chi connectivity index (χ4v) is 9.88. The third-order valence-corrected chi connectivity index (χ3v) is 12.8. The summed E-state index contributed by atoms with van der Waals surface area (Å²) in [5.41, 5.74) is 20.1. The van der Waals surface area contributed by atoms with Gasteiger partial charge in [0.05, 0.1) is 12.3 Å². The molecule has 9 aromatic carbocycles. The highest BCUT2D eigenvalue weighted by atomic mass is 16.4. The Bertz CT molecular complexity index is 3000. The lowest BCUT2D eigenvalue weighted by Gasteiger charge is -2.32. The second-order valence-corrected chi connectivity index (χ2v) is 16.8. The van der Waals surface area contributed by atoms with Crippen LogP contribution in [0.15, 0.2) is 224 Å². The molecule has 2 aliphatic rings. The molecular formula is C58H45BN2O. The molecule has 1 aliphatic heterocycles. The topological polar surface area (TPSA) is 15.7 Å². The van der Waals surface area contributed by atoms with Crippen molar-refractivity contribution in [1.29, 1.82) is 0 Å². The lowest BCUT2D eigenvalue weighted by Crippen LogP contribution is -2.41. The highest BCUT2D eigenvalue weighted by Crippen LogP contribution is 2.56. The molecule has 0 fully saturated rings. The third kappa shape index (κ3) is 6.43. The van der Waals surface area contributed by atoms with Crippen molar-refractivity contribution in [2.45, 2.75) is 25.9 Å². The number of rotatable bonds is 9. The van der Waals surface area contributed by atoms with Gasteiger partial charge in [-0.25, -0.2) is 0 Å². The van der Waals surface area contributed by atoms with E-state index in [0.29, 0.717) is 6.61 Å². The first-order valence-electron chi connectivity index (χ1n) is 21.6. The SMILES string of the molecule is CC1(C)c2ccccc2-c2c1ccc(N(c1ccc(N(c3ccccc3)c3ccccc3)cc1)c1cccc(-c3ccccc3)c1)c2-c1cccc2c1COB2c1ccccc1. The van der Waals surface area contributed by atoms with Crippen LogP contribution in [0.25, 0.3) is 33.4 Å². The first-order valence-corrected chi connectivity index (χ1v) is 21.6. The largest absolute Gasteiger partial charge is 0.423 e. The van der Waals surface area contributed by atoms with Crippen molar-refractivity contribution in [1.82, 2.24) is 0 Å². The molecule has 0 unspecified atom stereocenters. The average molecular weight is 797 g/mol. The smallest absolute Gasteiger partial charge is 0.362 e. The average Bonchev–Trinajstić information content (AvgIpc) is 3.87. The number of hydrogen-bond donors (Lipinski definition) is 0. The van der Waals surface area contributed by atoms with Crippen LogP contribution in [0.4, 0.5) is 34.1 Å². The number of benzene rings is 9. The Morgan fingerprint density at radius 1 is 0.419 bits per heavy atom. The Kier molecular flexibility index (Phi) is 9.44. The molecule has 0 bridgehead atoms. The summed E-state index contributed by atoms with van der Waals surface area (Å²) in [5, 5.41) is 0. The van der Waals surface area contributed by atoms with Crippen molar-refractivity contribution >= 4 is 52.0 Å². The van der Waals surface area contributed by atoms with Crippen LogP contribution in [-0.2, 0) is 16.7 Å². The van der Waals surface area contributed by atoms with Gasteiger partial charge in [0, 0.05) is 39.4 Å². The first kappa shape index (κ1) is 37.6. The normalized spacial score (nSPS) is 13.3. The van der Waals surface area contributed by atoms with E-state index in [9.17, 15) is 0 Å². The fraction of sp³-hybridized carbons (Fsp3) is 0.0690. The highest BCUT2D eigenvalue weighted by molar-refractivity contribution is 6.81. The molecule has 0 saturated carbocycles. The van der Waals surface area contributed by atoms with E-state index in [2.05, 4.69) is 248 Å². The number of hydrogen-bond acceptors (Lipinski definition) is 3. The van der Waals surface area contributed by atoms with E-state index in [1.807, 2.05) is 0 Å². The van der Waals surface area contributed by atoms with Gasteiger partial charge in [0.25, 0.3) is 0 Å². The summed E-state index contributed by atoms with van der Waals surface area (Å²) in [6, 6.07) is 81.2. The highest BCUT2D eigenvalue weighted by Gasteiger charge is 2.40. The number of fused-ring (bicyclic) bond motifs is 4. The zero-order chi connectivity index (χ0) is 41.6. The lowest BCUT2D eigenvalue weighted by molar-refractivity contribution is 0.337. The number of para-hydroxylation sites is 2. The number of nitrogens with zero attached hydrogens (tertiary/aromatic N) is 2. The summed E-state index contributed by atoms with van der Waals surface area (Å²) in [5.74, 6) is 0. The van der Waals surface area contributed by atoms with E-state index in [4.69, 9.17) is 4.65 Å². The molecule has 0 radical (unpaired) electrons. The zero-order valence-electron chi connectivity index (χ0n) is 34.9. The van der Waals surface area contributed by atoms with Crippen LogP contribution in [0.5, 0.6) is 0 Å². The second kappa shape index (κ2) is 15.6. The van der Waals surface area contributed by atoms with Crippen LogP contribution in [0.3, 0.4) is 0 Å². The molecule has 0 atom stereocenters. The molecule has 9 aromatic rings. The van der Waals surface area contributed by atoms with E-state index in [1.165, 1.54) is 55.4 Å². The van der Waals surface area contributed by atoms with Gasteiger partial charge in [-0.1, -0.05) is 172 Å². The maximum absolute atomic E-state index is 6.73. The fourth-order valence-electron chi connectivity index (χ4n) is 9.88. The molecule has 62 heavy (non-hydrogen) atoms. The molecule has 296 valence electrons. The summed E-state index contributed by atoms with van der Waals surface area (Å²) in [4.78, 5) is 4.79. The van der Waals surface area contributed by atoms with E-state index in [1.54, 1.807) is 0 Å². The van der Waals surface area contributed by atoms with Gasteiger partial charge in [0.1, 0.15) is 0 Å². The van der Waals surface area contributed by atoms with Gasteiger partial charge in [0.2, 0.25) is 0 Å². The summed E-state index contributed by atoms with van der Waals surface area (Å²) in [7, 11) is 0. The van der Waals surface area contributed by atoms with Gasteiger partial charge < -0.3 is 14.5 Å². The maximum Gasteiger partial charge on any atom is 0.362 e. The van der Waals surface area contributed by atoms with Crippen molar-refractivity contribution in [2.75, 3.05) is 9.80 Å². The van der Waals surface area contributed by atoms with Gasteiger partial charge in [0.15, 0.2) is 0 Å². The van der Waals surface area contributed by atoms with Gasteiger partial charge in [-0.2, -0.15) is 0 Å². The minimum absolute atomic E-state index is 0.126. The van der Waals surface area contributed by atoms with Crippen LogP contribution < -0.4 is 20.7 Å². The molecule has 4 heteroatoms. The van der Waals surface area contributed by atoms with Crippen LogP contribution in [0.1, 0.15) is 30.5 Å². The quantitative estimate of drug-likeness (QED) is 0.135. The Morgan fingerprint density at radius 2 is 0.952 bits per heavy atom. The van der Waals surface area contributed by atoms with Crippen molar-refractivity contribution < 1.29 is 4.65 Å². The Morgan fingerprint density at radius 3 is 1.65 bits per heavy atom. The van der Waals surface area contributed by atoms with Crippen LogP contribution in [0.2, 0.25) is 0 Å². The Balaban J connectivity index is 1.16. The molecule has 1 aliphatic carbocycles. The van der Waals surface area contributed by atoms with Gasteiger partial charge in [-0.3, -0.25) is 0 Å². The predicted octanol–water partition coefficient (Wildman–Crippen LogP) is 13.9. The molecule has 0 saturated heterocycles.